The minimum absolute atomic E-state index is 0.410. The van der Waals surface area contributed by atoms with Gasteiger partial charge >= 0.3 is 6.18 Å². The lowest BCUT2D eigenvalue weighted by atomic mass is 10.2. The first-order chi connectivity index (χ1) is 9.46. The van der Waals surface area contributed by atoms with E-state index in [0.29, 0.717) is 18.7 Å². The van der Waals surface area contributed by atoms with Crippen molar-refractivity contribution < 1.29 is 13.2 Å². The fourth-order valence-corrected chi connectivity index (χ4v) is 2.02. The number of alkyl halides is 3. The van der Waals surface area contributed by atoms with Gasteiger partial charge in [-0.05, 0) is 37.1 Å². The lowest BCUT2D eigenvalue weighted by Crippen LogP contribution is -2.34. The van der Waals surface area contributed by atoms with Gasteiger partial charge in [0.2, 0.25) is 0 Å². The smallest absolute Gasteiger partial charge is 0.363 e. The first-order valence-electron chi connectivity index (χ1n) is 7.07. The van der Waals surface area contributed by atoms with E-state index in [2.05, 4.69) is 12.2 Å². The molecule has 0 aromatic heterocycles. The van der Waals surface area contributed by atoms with Gasteiger partial charge in [0.05, 0.1) is 0 Å². The van der Waals surface area contributed by atoms with Crippen molar-refractivity contribution >= 4 is 5.69 Å². The lowest BCUT2D eigenvalue weighted by molar-refractivity contribution is -0.119. The van der Waals surface area contributed by atoms with Crippen molar-refractivity contribution in [1.29, 1.82) is 0 Å². The van der Waals surface area contributed by atoms with Gasteiger partial charge in [-0.15, -0.1) is 0 Å². The molecular weight excluding hydrogens is 265 g/mol. The molecule has 2 nitrogen and oxygen atoms in total. The third-order valence-corrected chi connectivity index (χ3v) is 2.92. The van der Waals surface area contributed by atoms with Gasteiger partial charge in [0.25, 0.3) is 0 Å². The highest BCUT2D eigenvalue weighted by Gasteiger charge is 2.30. The molecule has 1 aromatic carbocycles. The molecule has 0 aliphatic heterocycles. The van der Waals surface area contributed by atoms with Crippen molar-refractivity contribution in [3.8, 4) is 0 Å². The number of anilines is 1. The van der Waals surface area contributed by atoms with E-state index >= 15 is 0 Å². The van der Waals surface area contributed by atoms with Gasteiger partial charge in [-0.1, -0.05) is 26.0 Å². The summed E-state index contributed by atoms with van der Waals surface area (Å²) in [6.07, 6.45) is -2.42. The molecule has 1 rings (SSSR count). The van der Waals surface area contributed by atoms with Gasteiger partial charge in [0.15, 0.2) is 0 Å². The molecule has 0 saturated heterocycles. The van der Waals surface area contributed by atoms with Crippen LogP contribution >= 0.6 is 0 Å². The first-order valence-corrected chi connectivity index (χ1v) is 7.07. The summed E-state index contributed by atoms with van der Waals surface area (Å²) in [5, 5.41) is 3.27. The second-order valence-electron chi connectivity index (χ2n) is 4.88. The zero-order chi connectivity index (χ0) is 15.0. The highest BCUT2D eigenvalue weighted by molar-refractivity contribution is 5.47. The standard InChI is InChI=1S/C15H23F3N2/c1-3-9-19-11-13-5-7-14(8-6-13)20(10-4-2)12-15(16,17)18/h5-8,19H,3-4,9-12H2,1-2H3. The third kappa shape index (κ3) is 6.28. The molecule has 0 aliphatic carbocycles. The SMILES string of the molecule is CCCNCc1ccc(N(CCC)CC(F)(F)F)cc1. The molecule has 0 bridgehead atoms. The van der Waals surface area contributed by atoms with E-state index < -0.39 is 12.7 Å². The number of hydrogen-bond donors (Lipinski definition) is 1. The molecular formula is C15H23F3N2. The van der Waals surface area contributed by atoms with E-state index in [1.54, 1.807) is 12.1 Å². The minimum atomic E-state index is -4.17. The molecule has 0 fully saturated rings. The monoisotopic (exact) mass is 288 g/mol. The molecule has 0 radical (unpaired) electrons. The van der Waals surface area contributed by atoms with Crippen LogP contribution in [0.25, 0.3) is 0 Å². The summed E-state index contributed by atoms with van der Waals surface area (Å²) in [6, 6.07) is 7.31. The topological polar surface area (TPSA) is 15.3 Å². The Morgan fingerprint density at radius 1 is 1.05 bits per heavy atom. The quantitative estimate of drug-likeness (QED) is 0.728. The largest absolute Gasteiger partial charge is 0.405 e. The van der Waals surface area contributed by atoms with E-state index in [0.717, 1.165) is 25.1 Å². The second kappa shape index (κ2) is 8.15. The maximum atomic E-state index is 12.5. The van der Waals surface area contributed by atoms with Crippen LogP contribution in [0.3, 0.4) is 0 Å². The van der Waals surface area contributed by atoms with Gasteiger partial charge < -0.3 is 10.2 Å². The number of benzene rings is 1. The van der Waals surface area contributed by atoms with Crippen LogP contribution in [0.5, 0.6) is 0 Å². The number of hydrogen-bond acceptors (Lipinski definition) is 2. The van der Waals surface area contributed by atoms with E-state index in [1.165, 1.54) is 4.90 Å². The Hall–Kier alpha value is -1.23. The maximum Gasteiger partial charge on any atom is 0.405 e. The van der Waals surface area contributed by atoms with Crippen LogP contribution < -0.4 is 10.2 Å². The number of halogens is 3. The number of rotatable bonds is 8. The van der Waals surface area contributed by atoms with Gasteiger partial charge in [-0.25, -0.2) is 0 Å². The van der Waals surface area contributed by atoms with Gasteiger partial charge in [0, 0.05) is 18.8 Å². The lowest BCUT2D eigenvalue weighted by Gasteiger charge is -2.25. The Kier molecular flexibility index (Phi) is 6.85. The predicted molar refractivity (Wildman–Crippen MR) is 77.0 cm³/mol. The molecule has 0 aliphatic rings. The molecule has 0 heterocycles. The Bertz CT molecular complexity index is 374. The normalized spacial score (nSPS) is 11.7. The average Bonchev–Trinajstić information content (AvgIpc) is 2.38. The average molecular weight is 288 g/mol. The summed E-state index contributed by atoms with van der Waals surface area (Å²) in [7, 11) is 0. The first kappa shape index (κ1) is 16.8. The van der Waals surface area contributed by atoms with Gasteiger partial charge in [-0.2, -0.15) is 13.2 Å². The van der Waals surface area contributed by atoms with Crippen LogP contribution in [0.4, 0.5) is 18.9 Å². The molecule has 0 unspecified atom stereocenters. The number of nitrogens with zero attached hydrogens (tertiary/aromatic N) is 1. The Labute approximate surface area is 119 Å². The van der Waals surface area contributed by atoms with Crippen LogP contribution in [-0.4, -0.2) is 25.8 Å². The van der Waals surface area contributed by atoms with Crippen LogP contribution in [-0.2, 0) is 6.54 Å². The Balaban J connectivity index is 2.67. The van der Waals surface area contributed by atoms with E-state index in [4.69, 9.17) is 0 Å². The summed E-state index contributed by atoms with van der Waals surface area (Å²) in [6.45, 7) is 5.18. The highest BCUT2D eigenvalue weighted by atomic mass is 19.4. The van der Waals surface area contributed by atoms with Crippen LogP contribution in [0.2, 0.25) is 0 Å². The molecule has 114 valence electrons. The van der Waals surface area contributed by atoms with Crippen molar-refractivity contribution in [2.75, 3.05) is 24.5 Å². The molecule has 0 spiro atoms. The molecule has 20 heavy (non-hydrogen) atoms. The van der Waals surface area contributed by atoms with Crippen molar-refractivity contribution in [3.05, 3.63) is 29.8 Å². The summed E-state index contributed by atoms with van der Waals surface area (Å²) in [5.41, 5.74) is 1.72. The fraction of sp³-hybridized carbons (Fsp3) is 0.600. The van der Waals surface area contributed by atoms with Crippen molar-refractivity contribution in [3.63, 3.8) is 0 Å². The molecule has 0 amide bonds. The minimum Gasteiger partial charge on any atom is -0.363 e. The van der Waals surface area contributed by atoms with E-state index in [1.807, 2.05) is 19.1 Å². The van der Waals surface area contributed by atoms with Crippen molar-refractivity contribution in [2.45, 2.75) is 39.4 Å². The second-order valence-corrected chi connectivity index (χ2v) is 4.88. The summed E-state index contributed by atoms with van der Waals surface area (Å²) in [4.78, 5) is 1.38. The highest BCUT2D eigenvalue weighted by Crippen LogP contribution is 2.22. The summed E-state index contributed by atoms with van der Waals surface area (Å²) >= 11 is 0. The fourth-order valence-electron chi connectivity index (χ4n) is 2.02. The van der Waals surface area contributed by atoms with Gasteiger partial charge in [0.1, 0.15) is 6.54 Å². The van der Waals surface area contributed by atoms with Crippen molar-refractivity contribution in [2.24, 2.45) is 0 Å². The molecule has 0 atom stereocenters. The molecule has 1 N–H and O–H groups in total. The van der Waals surface area contributed by atoms with Gasteiger partial charge in [-0.3, -0.25) is 0 Å². The molecule has 5 heteroatoms. The van der Waals surface area contributed by atoms with E-state index in [-0.39, 0.29) is 0 Å². The van der Waals surface area contributed by atoms with Crippen molar-refractivity contribution in [1.82, 2.24) is 5.32 Å². The molecule has 0 saturated carbocycles. The van der Waals surface area contributed by atoms with Crippen LogP contribution in [0.1, 0.15) is 32.3 Å². The zero-order valence-corrected chi connectivity index (χ0v) is 12.1. The third-order valence-electron chi connectivity index (χ3n) is 2.92. The molecule has 1 aromatic rings. The number of nitrogens with one attached hydrogen (secondary N) is 1. The van der Waals surface area contributed by atoms with Crippen LogP contribution in [0, 0.1) is 0 Å². The van der Waals surface area contributed by atoms with Crippen LogP contribution in [0.15, 0.2) is 24.3 Å². The zero-order valence-electron chi connectivity index (χ0n) is 12.1. The Morgan fingerprint density at radius 2 is 1.70 bits per heavy atom. The predicted octanol–water partition coefficient (Wildman–Crippen LogP) is 3.96. The summed E-state index contributed by atoms with van der Waals surface area (Å²) in [5.74, 6) is 0. The maximum absolute atomic E-state index is 12.5. The Morgan fingerprint density at radius 3 is 2.20 bits per heavy atom. The summed E-state index contributed by atoms with van der Waals surface area (Å²) < 4.78 is 37.6. The van der Waals surface area contributed by atoms with E-state index in [9.17, 15) is 13.2 Å².